The van der Waals surface area contributed by atoms with E-state index in [1.165, 1.54) is 0 Å². The zero-order valence-corrected chi connectivity index (χ0v) is 10.7. The molecule has 0 bridgehead atoms. The van der Waals surface area contributed by atoms with Crippen LogP contribution in [0.1, 0.15) is 24.3 Å². The van der Waals surface area contributed by atoms with Gasteiger partial charge in [0.15, 0.2) is 0 Å². The van der Waals surface area contributed by atoms with Gasteiger partial charge in [-0.1, -0.05) is 17.7 Å². The van der Waals surface area contributed by atoms with Crippen LogP contribution < -0.4 is 0 Å². The highest BCUT2D eigenvalue weighted by Gasteiger charge is 2.30. The number of rotatable bonds is 1. The van der Waals surface area contributed by atoms with Crippen molar-refractivity contribution in [3.8, 4) is 0 Å². The fraction of sp³-hybridized carbons (Fsp3) is 0.500. The van der Waals surface area contributed by atoms with E-state index < -0.39 is 0 Å². The number of hydrogen-bond donors (Lipinski definition) is 0. The van der Waals surface area contributed by atoms with Gasteiger partial charge >= 0.3 is 0 Å². The third kappa shape index (κ3) is 2.96. The third-order valence-corrected chi connectivity index (χ3v) is 2.86. The van der Waals surface area contributed by atoms with Crippen LogP contribution in [0, 0.1) is 0 Å². The Bertz CT molecular complexity index is 434. The highest BCUT2D eigenvalue weighted by atomic mass is 35.5. The summed E-state index contributed by atoms with van der Waals surface area (Å²) in [6, 6.07) is 5.06. The maximum absolute atomic E-state index is 12.2. The largest absolute Gasteiger partial charge is 0.372 e. The lowest BCUT2D eigenvalue weighted by Gasteiger charge is -2.37. The van der Waals surface area contributed by atoms with Crippen molar-refractivity contribution in [2.24, 2.45) is 0 Å². The minimum Gasteiger partial charge on any atom is -0.372 e. The fourth-order valence-electron chi connectivity index (χ4n) is 1.88. The Morgan fingerprint density at radius 2 is 2.29 bits per heavy atom. The van der Waals surface area contributed by atoms with Crippen LogP contribution in [-0.2, 0) is 4.74 Å². The zero-order valence-electron chi connectivity index (χ0n) is 9.94. The molecule has 2 heterocycles. The molecule has 0 atom stereocenters. The average Bonchev–Trinajstić information content (AvgIpc) is 2.26. The SMILES string of the molecule is CC1(C)CN(C(=O)c2cccc(Cl)n2)CCO1. The molecule has 5 heteroatoms. The van der Waals surface area contributed by atoms with Crippen molar-refractivity contribution < 1.29 is 9.53 Å². The van der Waals surface area contributed by atoms with Gasteiger partial charge < -0.3 is 9.64 Å². The summed E-state index contributed by atoms with van der Waals surface area (Å²) >= 11 is 5.78. The molecule has 0 spiro atoms. The second-order valence-corrected chi connectivity index (χ2v) is 5.07. The number of carbonyl (C=O) groups excluding carboxylic acids is 1. The number of morpholine rings is 1. The average molecular weight is 255 g/mol. The molecule has 0 unspecified atom stereocenters. The molecule has 1 fully saturated rings. The summed E-state index contributed by atoms with van der Waals surface area (Å²) in [5.74, 6) is -0.0936. The standard InChI is InChI=1S/C12H15ClN2O2/c1-12(2)8-15(6-7-17-12)11(16)9-4-3-5-10(13)14-9/h3-5H,6-8H2,1-2H3. The molecule has 1 saturated heterocycles. The maximum Gasteiger partial charge on any atom is 0.272 e. The van der Waals surface area contributed by atoms with Crippen molar-refractivity contribution in [2.45, 2.75) is 19.4 Å². The Morgan fingerprint density at radius 1 is 1.53 bits per heavy atom. The lowest BCUT2D eigenvalue weighted by molar-refractivity contribution is -0.0765. The number of amides is 1. The predicted molar refractivity (Wildman–Crippen MR) is 65.2 cm³/mol. The summed E-state index contributed by atoms with van der Waals surface area (Å²) in [6.45, 7) is 5.66. The summed E-state index contributed by atoms with van der Waals surface area (Å²) in [6.07, 6.45) is 0. The Morgan fingerprint density at radius 3 is 2.94 bits per heavy atom. The van der Waals surface area contributed by atoms with Crippen molar-refractivity contribution in [1.82, 2.24) is 9.88 Å². The topological polar surface area (TPSA) is 42.4 Å². The number of aromatic nitrogens is 1. The van der Waals surface area contributed by atoms with E-state index in [0.717, 1.165) is 0 Å². The molecule has 92 valence electrons. The van der Waals surface area contributed by atoms with E-state index in [2.05, 4.69) is 4.98 Å². The first kappa shape index (κ1) is 12.3. The number of pyridine rings is 1. The molecule has 2 rings (SSSR count). The van der Waals surface area contributed by atoms with Gasteiger partial charge in [-0.2, -0.15) is 0 Å². The highest BCUT2D eigenvalue weighted by molar-refractivity contribution is 6.29. The molecular weight excluding hydrogens is 240 g/mol. The van der Waals surface area contributed by atoms with Crippen LogP contribution in [0.25, 0.3) is 0 Å². The first-order chi connectivity index (χ1) is 7.98. The lowest BCUT2D eigenvalue weighted by Crippen LogP contribution is -2.50. The van der Waals surface area contributed by atoms with Gasteiger partial charge in [-0.15, -0.1) is 0 Å². The molecule has 17 heavy (non-hydrogen) atoms. The second-order valence-electron chi connectivity index (χ2n) is 4.68. The van der Waals surface area contributed by atoms with Gasteiger partial charge in [-0.3, -0.25) is 4.79 Å². The summed E-state index contributed by atoms with van der Waals surface area (Å²) < 4.78 is 5.56. The molecule has 1 aliphatic rings. The van der Waals surface area contributed by atoms with Crippen molar-refractivity contribution in [3.63, 3.8) is 0 Å². The molecule has 1 amide bonds. The van der Waals surface area contributed by atoms with E-state index in [9.17, 15) is 4.79 Å². The van der Waals surface area contributed by atoms with Gasteiger partial charge in [0.25, 0.3) is 5.91 Å². The van der Waals surface area contributed by atoms with Gasteiger partial charge in [-0.25, -0.2) is 4.98 Å². The molecule has 0 saturated carbocycles. The first-order valence-electron chi connectivity index (χ1n) is 5.54. The van der Waals surface area contributed by atoms with E-state index in [1.807, 2.05) is 13.8 Å². The molecule has 0 aliphatic carbocycles. The lowest BCUT2D eigenvalue weighted by atomic mass is 10.1. The second kappa shape index (κ2) is 4.63. The minimum atomic E-state index is -0.299. The summed E-state index contributed by atoms with van der Waals surface area (Å²) in [5, 5.41) is 0.336. The number of nitrogens with zero attached hydrogens (tertiary/aromatic N) is 2. The molecule has 4 nitrogen and oxygen atoms in total. The molecule has 0 N–H and O–H groups in total. The van der Waals surface area contributed by atoms with E-state index in [0.29, 0.717) is 30.5 Å². The molecule has 1 aromatic heterocycles. The zero-order chi connectivity index (χ0) is 12.5. The predicted octanol–water partition coefficient (Wildman–Crippen LogP) is 1.99. The molecule has 1 aromatic rings. The van der Waals surface area contributed by atoms with Crippen LogP contribution in [0.4, 0.5) is 0 Å². The Hall–Kier alpha value is -1.13. The van der Waals surface area contributed by atoms with Gasteiger partial charge in [0.05, 0.1) is 12.2 Å². The third-order valence-electron chi connectivity index (χ3n) is 2.65. The molecule has 0 aromatic carbocycles. The van der Waals surface area contributed by atoms with Crippen LogP contribution in [0.3, 0.4) is 0 Å². The Balaban J connectivity index is 2.15. The van der Waals surface area contributed by atoms with Gasteiger partial charge in [-0.05, 0) is 26.0 Å². The monoisotopic (exact) mass is 254 g/mol. The summed E-state index contributed by atoms with van der Waals surface area (Å²) in [5.41, 5.74) is 0.0853. The van der Waals surface area contributed by atoms with Crippen LogP contribution >= 0.6 is 11.6 Å². The van der Waals surface area contributed by atoms with Crippen LogP contribution in [0.2, 0.25) is 5.15 Å². The van der Waals surface area contributed by atoms with E-state index in [1.54, 1.807) is 23.1 Å². The van der Waals surface area contributed by atoms with Crippen molar-refractivity contribution in [2.75, 3.05) is 19.7 Å². The van der Waals surface area contributed by atoms with Gasteiger partial charge in [0, 0.05) is 13.1 Å². The van der Waals surface area contributed by atoms with Gasteiger partial charge in [0.1, 0.15) is 10.8 Å². The van der Waals surface area contributed by atoms with Crippen molar-refractivity contribution in [1.29, 1.82) is 0 Å². The Kier molecular flexibility index (Phi) is 3.35. The first-order valence-corrected chi connectivity index (χ1v) is 5.91. The smallest absolute Gasteiger partial charge is 0.272 e. The number of halogens is 1. The van der Waals surface area contributed by atoms with Crippen LogP contribution in [-0.4, -0.2) is 41.1 Å². The van der Waals surface area contributed by atoms with E-state index in [-0.39, 0.29) is 11.5 Å². The number of ether oxygens (including phenoxy) is 1. The summed E-state index contributed by atoms with van der Waals surface area (Å²) in [7, 11) is 0. The van der Waals surface area contributed by atoms with Crippen LogP contribution in [0.5, 0.6) is 0 Å². The molecule has 0 radical (unpaired) electrons. The van der Waals surface area contributed by atoms with E-state index >= 15 is 0 Å². The van der Waals surface area contributed by atoms with E-state index in [4.69, 9.17) is 16.3 Å². The Labute approximate surface area is 106 Å². The van der Waals surface area contributed by atoms with Crippen molar-refractivity contribution in [3.05, 3.63) is 29.0 Å². The molecular formula is C12H15ClN2O2. The summed E-state index contributed by atoms with van der Waals surface area (Å²) in [4.78, 5) is 18.0. The number of hydrogen-bond acceptors (Lipinski definition) is 3. The fourth-order valence-corrected chi connectivity index (χ4v) is 2.04. The number of carbonyl (C=O) groups is 1. The molecule has 1 aliphatic heterocycles. The quantitative estimate of drug-likeness (QED) is 0.720. The minimum absolute atomic E-state index is 0.0936. The van der Waals surface area contributed by atoms with Crippen molar-refractivity contribution >= 4 is 17.5 Å². The maximum atomic E-state index is 12.2. The highest BCUT2D eigenvalue weighted by Crippen LogP contribution is 2.18. The normalized spacial score (nSPS) is 19.1. The van der Waals surface area contributed by atoms with Crippen LogP contribution in [0.15, 0.2) is 18.2 Å². The van der Waals surface area contributed by atoms with Gasteiger partial charge in [0.2, 0.25) is 0 Å².